The Bertz CT molecular complexity index is 3390. The molecule has 0 aromatic heterocycles. The molecule has 756 valence electrons. The minimum absolute atomic E-state index is 0. The molecule has 14 rings (SSSR count). The molecule has 8 atom stereocenters. The summed E-state index contributed by atoms with van der Waals surface area (Å²) in [5.41, 5.74) is -6.03. The molecule has 0 spiro atoms. The average Bonchev–Trinajstić information content (AvgIpc) is 1.45. The number of rotatable bonds is 25. The van der Waals surface area contributed by atoms with Crippen LogP contribution in [0.3, 0.4) is 0 Å². The van der Waals surface area contributed by atoms with E-state index >= 15 is 0 Å². The summed E-state index contributed by atoms with van der Waals surface area (Å²) in [6.45, 7) is 47.3. The van der Waals surface area contributed by atoms with Crippen LogP contribution in [0.5, 0.6) is 5.75 Å². The van der Waals surface area contributed by atoms with Crippen molar-refractivity contribution in [3.63, 3.8) is 0 Å². The Morgan fingerprint density at radius 3 is 1.20 bits per heavy atom. The zero-order chi connectivity index (χ0) is 84.8. The monoisotopic (exact) mass is 1930 g/mol. The smallest absolute Gasteiger partial charge is 0.312 e. The van der Waals surface area contributed by atoms with E-state index in [1.54, 1.807) is 45.2 Å². The number of fused-ring (bicyclic) bond motifs is 1. The number of methoxy groups -OCH3 is 1. The summed E-state index contributed by atoms with van der Waals surface area (Å²) >= 11 is -2.93. The Kier molecular flexibility index (Phi) is 58.1. The van der Waals surface area contributed by atoms with Crippen molar-refractivity contribution < 1.29 is 97.4 Å². The summed E-state index contributed by atoms with van der Waals surface area (Å²) < 4.78 is 56.2. The van der Waals surface area contributed by atoms with Gasteiger partial charge in [0, 0.05) is 37.5 Å². The Balaban J connectivity index is -0.000000220. The van der Waals surface area contributed by atoms with Gasteiger partial charge in [-0.3, -0.25) is 28.8 Å². The molecule has 13 aliphatic rings. The van der Waals surface area contributed by atoms with E-state index in [9.17, 15) is 53.4 Å². The number of hydrogen-bond donors (Lipinski definition) is 2. The quantitative estimate of drug-likeness (QED) is 0.0522. The molecule has 11 aliphatic carbocycles. The molecular weight excluding hydrogens is 1720 g/mol. The fourth-order valence-electron chi connectivity index (χ4n) is 18.4. The van der Waals surface area contributed by atoms with E-state index in [-0.39, 0.29) is 198 Å². The maximum absolute atomic E-state index is 12.8. The molecule has 1 aromatic rings. The van der Waals surface area contributed by atoms with Crippen LogP contribution in [-0.4, -0.2) is 124 Å². The first-order valence-corrected chi connectivity index (χ1v) is 45.9. The third-order valence-electron chi connectivity index (χ3n) is 28.7. The number of ether oxygens (including phenoxy) is 8. The van der Waals surface area contributed by atoms with Gasteiger partial charge in [0.05, 0.1) is 50.8 Å². The van der Waals surface area contributed by atoms with Crippen LogP contribution < -0.4 is 4.74 Å². The molecule has 1 aromatic carbocycles. The first kappa shape index (κ1) is 137. The molecule has 2 heterocycles. The van der Waals surface area contributed by atoms with Crippen molar-refractivity contribution in [1.29, 1.82) is 0 Å². The number of esters is 7. The Morgan fingerprint density at radius 1 is 0.457 bits per heavy atom. The van der Waals surface area contributed by atoms with E-state index in [0.717, 1.165) is 92.5 Å². The molecular formula is C105H203IO21. The first-order chi connectivity index (χ1) is 52.3. The van der Waals surface area contributed by atoms with Crippen molar-refractivity contribution >= 4 is 74.4 Å². The fourth-order valence-corrected chi connectivity index (χ4v) is 21.8. The Labute approximate surface area is 788 Å². The van der Waals surface area contributed by atoms with Crippen LogP contribution in [-0.2, 0) is 82.4 Å². The van der Waals surface area contributed by atoms with E-state index in [4.69, 9.17) is 44.0 Å². The van der Waals surface area contributed by atoms with Crippen LogP contribution in [0.2, 0.25) is 0 Å². The summed E-state index contributed by atoms with van der Waals surface area (Å²) in [6.07, 6.45) is 22.2. The number of carbonyl (C=O) groups is 9. The largest absolute Gasteiger partial charge is 0.459 e. The van der Waals surface area contributed by atoms with Crippen molar-refractivity contribution in [2.45, 2.75) is 483 Å². The van der Waals surface area contributed by atoms with Gasteiger partial charge >= 0.3 is 201 Å². The van der Waals surface area contributed by atoms with Gasteiger partial charge in [-0.05, 0) is 233 Å². The molecule has 11 saturated carbocycles. The van der Waals surface area contributed by atoms with Gasteiger partial charge in [-0.25, -0.2) is 4.79 Å². The van der Waals surface area contributed by atoms with Crippen LogP contribution in [0.15, 0.2) is 24.3 Å². The predicted octanol–water partition coefficient (Wildman–Crippen LogP) is 27.9. The maximum atomic E-state index is 12.8. The summed E-state index contributed by atoms with van der Waals surface area (Å²) in [7, 11) is 1.58. The van der Waals surface area contributed by atoms with Gasteiger partial charge in [0.15, 0.2) is 0 Å². The van der Waals surface area contributed by atoms with Gasteiger partial charge in [0.2, 0.25) is 6.10 Å². The number of benzene rings is 1. The number of hydrogen-bond acceptors (Lipinski definition) is 21. The standard InChI is InChI=1S/C19H29IO5.C19H32O2.C16H26O4.C14H20O4.C13H24O2.C10H16O4.14CH4/c1-8-18(3,4)16(21)24-20(25-17(22)19(5,6)9-2)14-10-12-15(23-7)13-11-14;1-6-18(4,5)17(20)21-19(12(2)3)15-8-13-7-14(10-15)11-16(19)9-13;1-4-13(2,3)12(17)20-16-7-11-5-14(18,9-16)8-15(19,6-11)10-16;1-4-14(2,3)13(16)18-10-7-5-8-9(6-7)12(15)17-11(8)10;1-5-12(3,4)11(14)15-13(6-2)9-7-8-10-13;1-4-10(2,3)9(12)14-7-5-6-13-8(7)11;;;;;;;;;;;;;;/h10-13H,8-9H2,1-7H3;12-16H,6-11H2,1-5H3;11,18-19H,4-10H2,1-3H3;7-11H,4-6H2,1-3H3;5-10H2,1-4H3;7H,4-6H2,1-3H3;14*1H4. The van der Waals surface area contributed by atoms with E-state index in [0.29, 0.717) is 86.9 Å². The van der Waals surface area contributed by atoms with Gasteiger partial charge < -0.3 is 43.4 Å². The molecule has 127 heavy (non-hydrogen) atoms. The molecule has 21 nitrogen and oxygen atoms in total. The normalized spacial score (nSPS) is 27.3. The van der Waals surface area contributed by atoms with Crippen molar-refractivity contribution in [3.8, 4) is 5.75 Å². The molecule has 10 bridgehead atoms. The van der Waals surface area contributed by atoms with Crippen LogP contribution in [0.4, 0.5) is 0 Å². The fraction of sp³-hybridized carbons (Fsp3) is 0.857. The van der Waals surface area contributed by atoms with Gasteiger partial charge in [0.1, 0.15) is 29.0 Å². The SMILES string of the molecule is C.C.C.C.C.C.C.C.C.C.C.C.C.C.CCC(C)(C)C(=O)OC1(C(C)C)C2CC3CC(C2)CC1C3.CCC(C)(C)C(=O)OC12CC3CC(O)(CC(O)(C3)C1)C2.CCC(C)(C)C(=O)OC1C2CC3C(=O)OC1C3C2.CCC(C)(C)C(=O)OC1CCOC1=O.CCC(C)(C)C(=O)OI(OC(=O)C(C)(C)CC)c1ccc(OC)cc1.CCC1(OC(=O)C(C)(C)CC)CCCC1. The summed E-state index contributed by atoms with van der Waals surface area (Å²) in [4.78, 5) is 109. The summed E-state index contributed by atoms with van der Waals surface area (Å²) in [6, 6.07) is 7.14. The molecule has 0 amide bonds. The predicted molar refractivity (Wildman–Crippen MR) is 534 cm³/mol. The first-order valence-electron chi connectivity index (χ1n) is 43.1. The third-order valence-corrected chi connectivity index (χ3v) is 32.0. The molecule has 0 radical (unpaired) electrons. The van der Waals surface area contributed by atoms with Crippen LogP contribution >= 0.6 is 20.6 Å². The molecule has 13 fully saturated rings. The molecule has 22 heteroatoms. The average molecular weight is 1930 g/mol. The van der Waals surface area contributed by atoms with Crippen LogP contribution in [0.1, 0.15) is 437 Å². The second-order valence-corrected chi connectivity index (χ2v) is 43.6. The topological polar surface area (TPSA) is 286 Å². The second-order valence-electron chi connectivity index (χ2n) is 40.3. The molecule has 8 unspecified atom stereocenters. The number of carbonyl (C=O) groups excluding carboxylic acids is 9. The zero-order valence-electron chi connectivity index (χ0n) is 73.9. The molecule has 2 N–H and O–H groups in total. The Hall–Kier alpha value is -5.10. The van der Waals surface area contributed by atoms with Crippen molar-refractivity contribution in [3.05, 3.63) is 27.8 Å². The summed E-state index contributed by atoms with van der Waals surface area (Å²) in [5.74, 6) is 3.31. The van der Waals surface area contributed by atoms with Crippen LogP contribution in [0, 0.1) is 94.7 Å². The van der Waals surface area contributed by atoms with E-state index in [1.165, 1.54) is 44.9 Å². The number of aliphatic hydroxyl groups is 2. The van der Waals surface area contributed by atoms with E-state index < -0.39 is 76.6 Å². The number of cyclic esters (lactones) is 1. The van der Waals surface area contributed by atoms with Gasteiger partial charge in [-0.1, -0.05) is 159 Å². The maximum Gasteiger partial charge on any atom is 0.312 e. The third kappa shape index (κ3) is 32.3. The van der Waals surface area contributed by atoms with Gasteiger partial charge in [0.25, 0.3) is 0 Å². The summed E-state index contributed by atoms with van der Waals surface area (Å²) in [5, 5.41) is 21.3. The second kappa shape index (κ2) is 53.7. The zero-order valence-corrected chi connectivity index (χ0v) is 76.0. The van der Waals surface area contributed by atoms with E-state index in [2.05, 4.69) is 27.7 Å². The minimum Gasteiger partial charge on any atom is -0.459 e. The van der Waals surface area contributed by atoms with Crippen LogP contribution in [0.25, 0.3) is 0 Å². The number of halogens is 1. The van der Waals surface area contributed by atoms with Crippen molar-refractivity contribution in [2.24, 2.45) is 91.2 Å². The molecule has 2 aliphatic heterocycles. The molecule has 2 saturated heterocycles. The Morgan fingerprint density at radius 2 is 0.835 bits per heavy atom. The minimum atomic E-state index is -2.93. The van der Waals surface area contributed by atoms with Gasteiger partial charge in [-0.2, -0.15) is 0 Å². The van der Waals surface area contributed by atoms with Crippen molar-refractivity contribution in [2.75, 3.05) is 13.7 Å². The van der Waals surface area contributed by atoms with E-state index in [1.807, 2.05) is 125 Å². The van der Waals surface area contributed by atoms with Crippen molar-refractivity contribution in [1.82, 2.24) is 0 Å². The van der Waals surface area contributed by atoms with Gasteiger partial charge in [-0.15, -0.1) is 0 Å².